The third kappa shape index (κ3) is 2.61. The summed E-state index contributed by atoms with van der Waals surface area (Å²) >= 11 is 3.52. The topological polar surface area (TPSA) is 38.0 Å². The molecule has 1 aliphatic carbocycles. The summed E-state index contributed by atoms with van der Waals surface area (Å²) in [5, 5.41) is 14.2. The van der Waals surface area contributed by atoms with Crippen LogP contribution in [0.4, 0.5) is 0 Å². The fourth-order valence-electron chi connectivity index (χ4n) is 1.95. The van der Waals surface area contributed by atoms with Crippen LogP contribution in [0.5, 0.6) is 0 Å². The summed E-state index contributed by atoms with van der Waals surface area (Å²) in [7, 11) is 1.93. The molecule has 1 unspecified atom stereocenters. The molecule has 4 heteroatoms. The van der Waals surface area contributed by atoms with Crippen molar-refractivity contribution in [1.29, 1.82) is 0 Å². The molecule has 1 atom stereocenters. The van der Waals surface area contributed by atoms with Crippen molar-refractivity contribution in [3.63, 3.8) is 0 Å². The molecule has 84 valence electrons. The van der Waals surface area contributed by atoms with Gasteiger partial charge in [0.15, 0.2) is 0 Å². The smallest absolute Gasteiger partial charge is 0.0738 e. The van der Waals surface area contributed by atoms with E-state index < -0.39 is 0 Å². The van der Waals surface area contributed by atoms with Crippen molar-refractivity contribution in [3.8, 4) is 0 Å². The van der Waals surface area contributed by atoms with Crippen molar-refractivity contribution >= 4 is 15.9 Å². The highest BCUT2D eigenvalue weighted by Crippen LogP contribution is 2.34. The molecule has 1 N–H and O–H groups in total. The summed E-state index contributed by atoms with van der Waals surface area (Å²) in [6, 6.07) is 0. The maximum atomic E-state index is 9.91. The van der Waals surface area contributed by atoms with Crippen molar-refractivity contribution in [3.05, 3.63) is 15.9 Å². The standard InChI is InChI=1S/C11H17BrN2O/c1-7-11(12)10(14(2)13-7)6-9(15)5-8-3-4-8/h8-9,15H,3-6H2,1-2H3. The molecule has 0 amide bonds. The molecule has 0 aromatic carbocycles. The number of nitrogens with zero attached hydrogens (tertiary/aromatic N) is 2. The van der Waals surface area contributed by atoms with Gasteiger partial charge in [0.25, 0.3) is 0 Å². The van der Waals surface area contributed by atoms with Gasteiger partial charge in [0.2, 0.25) is 0 Å². The zero-order chi connectivity index (χ0) is 11.0. The summed E-state index contributed by atoms with van der Waals surface area (Å²) in [6.07, 6.45) is 4.01. The molecule has 2 rings (SSSR count). The van der Waals surface area contributed by atoms with Crippen LogP contribution in [-0.4, -0.2) is 21.0 Å². The summed E-state index contributed by atoms with van der Waals surface area (Å²) in [6.45, 7) is 1.97. The molecule has 0 radical (unpaired) electrons. The number of hydrogen-bond acceptors (Lipinski definition) is 2. The Bertz CT molecular complexity index is 358. The molecule has 15 heavy (non-hydrogen) atoms. The predicted molar refractivity (Wildman–Crippen MR) is 62.7 cm³/mol. The number of aliphatic hydroxyl groups is 1. The van der Waals surface area contributed by atoms with Crippen LogP contribution in [0, 0.1) is 12.8 Å². The molecule has 1 fully saturated rings. The van der Waals surface area contributed by atoms with Crippen LogP contribution >= 0.6 is 15.9 Å². The minimum Gasteiger partial charge on any atom is -0.393 e. The monoisotopic (exact) mass is 272 g/mol. The van der Waals surface area contributed by atoms with Gasteiger partial charge in [0.1, 0.15) is 0 Å². The molecule has 0 bridgehead atoms. The van der Waals surface area contributed by atoms with E-state index in [2.05, 4.69) is 21.0 Å². The van der Waals surface area contributed by atoms with E-state index in [0.29, 0.717) is 6.42 Å². The van der Waals surface area contributed by atoms with E-state index in [0.717, 1.165) is 28.2 Å². The average molecular weight is 273 g/mol. The van der Waals surface area contributed by atoms with Gasteiger partial charge in [0, 0.05) is 13.5 Å². The van der Waals surface area contributed by atoms with Gasteiger partial charge in [0.05, 0.1) is 22.0 Å². The maximum Gasteiger partial charge on any atom is 0.0738 e. The average Bonchev–Trinajstić information content (AvgIpc) is 2.92. The Morgan fingerprint density at radius 3 is 2.73 bits per heavy atom. The van der Waals surface area contributed by atoms with Gasteiger partial charge >= 0.3 is 0 Å². The molecule has 1 aromatic rings. The first-order chi connectivity index (χ1) is 7.08. The molecule has 0 spiro atoms. The zero-order valence-electron chi connectivity index (χ0n) is 9.20. The van der Waals surface area contributed by atoms with Crippen LogP contribution in [0.25, 0.3) is 0 Å². The van der Waals surface area contributed by atoms with E-state index in [1.807, 2.05) is 18.7 Å². The fraction of sp³-hybridized carbons (Fsp3) is 0.727. The van der Waals surface area contributed by atoms with E-state index in [4.69, 9.17) is 0 Å². The summed E-state index contributed by atoms with van der Waals surface area (Å²) in [5.41, 5.74) is 2.09. The lowest BCUT2D eigenvalue weighted by molar-refractivity contribution is 0.155. The van der Waals surface area contributed by atoms with Gasteiger partial charge in [-0.05, 0) is 35.2 Å². The SMILES string of the molecule is Cc1nn(C)c(CC(O)CC2CC2)c1Br. The Morgan fingerprint density at radius 2 is 2.27 bits per heavy atom. The number of aromatic nitrogens is 2. The fourth-order valence-corrected chi connectivity index (χ4v) is 2.44. The van der Waals surface area contributed by atoms with E-state index in [-0.39, 0.29) is 6.10 Å². The third-order valence-electron chi connectivity index (χ3n) is 2.99. The lowest BCUT2D eigenvalue weighted by Gasteiger charge is -2.10. The highest BCUT2D eigenvalue weighted by molar-refractivity contribution is 9.10. The summed E-state index contributed by atoms with van der Waals surface area (Å²) in [4.78, 5) is 0. The van der Waals surface area contributed by atoms with Crippen molar-refractivity contribution in [2.75, 3.05) is 0 Å². The highest BCUT2D eigenvalue weighted by Gasteiger charge is 2.25. The van der Waals surface area contributed by atoms with Crippen LogP contribution in [0.1, 0.15) is 30.7 Å². The summed E-state index contributed by atoms with van der Waals surface area (Å²) < 4.78 is 2.90. The maximum absolute atomic E-state index is 9.91. The Labute approximate surface area is 98.6 Å². The molecular formula is C11H17BrN2O. The van der Waals surface area contributed by atoms with Crippen LogP contribution in [0.2, 0.25) is 0 Å². The molecule has 1 aliphatic rings. The van der Waals surface area contributed by atoms with Gasteiger partial charge in [-0.15, -0.1) is 0 Å². The quantitative estimate of drug-likeness (QED) is 0.913. The second-order valence-corrected chi connectivity index (χ2v) is 5.30. The Morgan fingerprint density at radius 1 is 1.60 bits per heavy atom. The minimum absolute atomic E-state index is 0.219. The van der Waals surface area contributed by atoms with E-state index >= 15 is 0 Å². The second-order valence-electron chi connectivity index (χ2n) is 4.51. The third-order valence-corrected chi connectivity index (χ3v) is 4.02. The number of aryl methyl sites for hydroxylation is 2. The van der Waals surface area contributed by atoms with E-state index in [1.54, 1.807) is 0 Å². The van der Waals surface area contributed by atoms with Crippen LogP contribution in [-0.2, 0) is 13.5 Å². The lowest BCUT2D eigenvalue weighted by atomic mass is 10.1. The Balaban J connectivity index is 2.01. The Hall–Kier alpha value is -0.350. The van der Waals surface area contributed by atoms with Gasteiger partial charge in [-0.1, -0.05) is 12.8 Å². The molecule has 0 saturated heterocycles. The first-order valence-electron chi connectivity index (χ1n) is 5.44. The van der Waals surface area contributed by atoms with Crippen LogP contribution in [0.15, 0.2) is 4.47 Å². The van der Waals surface area contributed by atoms with Crippen molar-refractivity contribution < 1.29 is 5.11 Å². The first kappa shape index (κ1) is 11.1. The summed E-state index contributed by atoms with van der Waals surface area (Å²) in [5.74, 6) is 0.771. The molecule has 0 aliphatic heterocycles. The second kappa shape index (κ2) is 4.26. The van der Waals surface area contributed by atoms with Crippen molar-refractivity contribution in [2.24, 2.45) is 13.0 Å². The molecule has 3 nitrogen and oxygen atoms in total. The number of hydrogen-bond donors (Lipinski definition) is 1. The van der Waals surface area contributed by atoms with E-state index in [9.17, 15) is 5.11 Å². The van der Waals surface area contributed by atoms with Crippen molar-refractivity contribution in [2.45, 2.75) is 38.7 Å². The minimum atomic E-state index is -0.219. The Kier molecular flexibility index (Phi) is 3.16. The predicted octanol–water partition coefficient (Wildman–Crippen LogP) is 2.19. The largest absolute Gasteiger partial charge is 0.393 e. The van der Waals surface area contributed by atoms with Gasteiger partial charge in [-0.2, -0.15) is 5.10 Å². The van der Waals surface area contributed by atoms with Crippen molar-refractivity contribution in [1.82, 2.24) is 9.78 Å². The molecule has 1 heterocycles. The lowest BCUT2D eigenvalue weighted by Crippen LogP contribution is -2.14. The number of halogens is 1. The van der Waals surface area contributed by atoms with E-state index in [1.165, 1.54) is 12.8 Å². The van der Waals surface area contributed by atoms with Gasteiger partial charge in [-0.25, -0.2) is 0 Å². The van der Waals surface area contributed by atoms with Gasteiger partial charge in [-0.3, -0.25) is 4.68 Å². The van der Waals surface area contributed by atoms with Gasteiger partial charge < -0.3 is 5.11 Å². The molecular weight excluding hydrogens is 256 g/mol. The molecule has 1 aromatic heterocycles. The zero-order valence-corrected chi connectivity index (χ0v) is 10.8. The molecule has 1 saturated carbocycles. The first-order valence-corrected chi connectivity index (χ1v) is 6.23. The van der Waals surface area contributed by atoms with Crippen LogP contribution < -0.4 is 0 Å². The normalized spacial score (nSPS) is 18.1. The number of aliphatic hydroxyl groups excluding tert-OH is 1. The number of rotatable bonds is 4. The van der Waals surface area contributed by atoms with Crippen LogP contribution in [0.3, 0.4) is 0 Å². The highest BCUT2D eigenvalue weighted by atomic mass is 79.9.